The summed E-state index contributed by atoms with van der Waals surface area (Å²) in [6.07, 6.45) is 1.39. The molecule has 0 radical (unpaired) electrons. The van der Waals surface area contributed by atoms with E-state index in [-0.39, 0.29) is 24.8 Å². The molecule has 0 aliphatic carbocycles. The van der Waals surface area contributed by atoms with Gasteiger partial charge in [-0.3, -0.25) is 0 Å². The zero-order chi connectivity index (χ0) is 20.1. The number of carbonyl (C=O) groups is 1. The second kappa shape index (κ2) is 8.91. The molecule has 0 spiro atoms. The van der Waals surface area contributed by atoms with Gasteiger partial charge in [0.1, 0.15) is 17.7 Å². The fourth-order valence-corrected chi connectivity index (χ4v) is 3.43. The van der Waals surface area contributed by atoms with Crippen LogP contribution in [0.5, 0.6) is 0 Å². The second-order valence-corrected chi connectivity index (χ2v) is 6.90. The van der Waals surface area contributed by atoms with Crippen LogP contribution in [0.4, 0.5) is 13.6 Å². The van der Waals surface area contributed by atoms with Crippen LogP contribution in [0.2, 0.25) is 0 Å². The van der Waals surface area contributed by atoms with E-state index in [0.717, 1.165) is 11.6 Å². The molecule has 1 saturated heterocycles. The van der Waals surface area contributed by atoms with Crippen molar-refractivity contribution in [1.82, 2.24) is 4.90 Å². The van der Waals surface area contributed by atoms with Crippen molar-refractivity contribution in [3.63, 3.8) is 0 Å². The summed E-state index contributed by atoms with van der Waals surface area (Å²) in [6.45, 7) is 2.70. The Labute approximate surface area is 162 Å². The Balaban J connectivity index is 1.65. The quantitative estimate of drug-likeness (QED) is 0.468. The Morgan fingerprint density at radius 2 is 1.96 bits per heavy atom. The van der Waals surface area contributed by atoms with Crippen molar-refractivity contribution < 1.29 is 18.3 Å². The van der Waals surface area contributed by atoms with Crippen molar-refractivity contribution >= 4 is 6.09 Å². The van der Waals surface area contributed by atoms with Crippen molar-refractivity contribution in [3.8, 4) is 11.1 Å². The van der Waals surface area contributed by atoms with E-state index in [4.69, 9.17) is 4.74 Å². The van der Waals surface area contributed by atoms with Gasteiger partial charge in [-0.2, -0.15) is 4.91 Å². The van der Waals surface area contributed by atoms with Crippen molar-refractivity contribution in [3.05, 3.63) is 64.6 Å². The van der Waals surface area contributed by atoms with Gasteiger partial charge in [-0.25, -0.2) is 13.6 Å². The Hall–Kier alpha value is -2.83. The highest BCUT2D eigenvalue weighted by Gasteiger charge is 2.30. The summed E-state index contributed by atoms with van der Waals surface area (Å²) in [5.74, 6) is -1.23. The third kappa shape index (κ3) is 4.52. The van der Waals surface area contributed by atoms with Gasteiger partial charge < -0.3 is 9.64 Å². The summed E-state index contributed by atoms with van der Waals surface area (Å²) in [6, 6.07) is 10.5. The molecule has 2 aromatic rings. The van der Waals surface area contributed by atoms with E-state index in [1.807, 2.05) is 19.1 Å². The van der Waals surface area contributed by atoms with Gasteiger partial charge in [0.25, 0.3) is 0 Å². The Morgan fingerprint density at radius 3 is 2.61 bits per heavy atom. The van der Waals surface area contributed by atoms with Crippen LogP contribution in [0.3, 0.4) is 0 Å². The Morgan fingerprint density at radius 1 is 1.21 bits per heavy atom. The third-order valence-corrected chi connectivity index (χ3v) is 5.07. The predicted octanol–water partition coefficient (Wildman–Crippen LogP) is 5.45. The number of rotatable bonds is 7. The average molecular weight is 388 g/mol. The minimum Gasteiger partial charge on any atom is -0.446 e. The molecule has 5 nitrogen and oxygen atoms in total. The van der Waals surface area contributed by atoms with Crippen LogP contribution >= 0.6 is 0 Å². The SMILES string of the molecule is CC(c1ccc(-c2ccc(F)cc2F)cc1)N1CCC(CCCN=O)OC1=O. The molecular weight excluding hydrogens is 366 g/mol. The summed E-state index contributed by atoms with van der Waals surface area (Å²) in [5, 5.41) is 2.82. The molecule has 2 atom stereocenters. The molecule has 2 aromatic carbocycles. The smallest absolute Gasteiger partial charge is 0.410 e. The van der Waals surface area contributed by atoms with Crippen LogP contribution in [0.1, 0.15) is 37.8 Å². The van der Waals surface area contributed by atoms with E-state index in [1.165, 1.54) is 12.1 Å². The first kappa shape index (κ1) is 19.9. The van der Waals surface area contributed by atoms with Crippen molar-refractivity contribution in [2.45, 2.75) is 38.3 Å². The van der Waals surface area contributed by atoms with Crippen LogP contribution in [-0.4, -0.2) is 30.2 Å². The molecule has 1 heterocycles. The summed E-state index contributed by atoms with van der Waals surface area (Å²) in [5.41, 5.74) is 1.86. The zero-order valence-corrected chi connectivity index (χ0v) is 15.6. The minimum atomic E-state index is -0.615. The standard InChI is InChI=1S/C21H22F2N2O3/c1-14(25-12-10-18(28-21(25)26)3-2-11-24-27)15-4-6-16(7-5-15)19-9-8-17(22)13-20(19)23/h4-9,13-14,18H,2-3,10-12H2,1H3. The number of nitrogens with zero attached hydrogens (tertiary/aromatic N) is 2. The summed E-state index contributed by atoms with van der Waals surface area (Å²) >= 11 is 0. The van der Waals surface area contributed by atoms with Gasteiger partial charge in [-0.05, 0) is 43.0 Å². The summed E-state index contributed by atoms with van der Waals surface area (Å²) in [7, 11) is 0. The van der Waals surface area contributed by atoms with Crippen LogP contribution in [0.15, 0.2) is 47.6 Å². The highest BCUT2D eigenvalue weighted by atomic mass is 19.1. The lowest BCUT2D eigenvalue weighted by molar-refractivity contribution is 0.00951. The van der Waals surface area contributed by atoms with E-state index in [2.05, 4.69) is 5.18 Å². The number of ether oxygens (including phenoxy) is 1. The van der Waals surface area contributed by atoms with Crippen LogP contribution in [-0.2, 0) is 4.74 Å². The summed E-state index contributed by atoms with van der Waals surface area (Å²) < 4.78 is 32.5. The van der Waals surface area contributed by atoms with E-state index >= 15 is 0 Å². The number of hydrogen-bond acceptors (Lipinski definition) is 4. The van der Waals surface area contributed by atoms with E-state index in [0.29, 0.717) is 36.9 Å². The number of hydrogen-bond donors (Lipinski definition) is 0. The molecule has 0 bridgehead atoms. The lowest BCUT2D eigenvalue weighted by Gasteiger charge is -2.35. The van der Waals surface area contributed by atoms with E-state index in [1.54, 1.807) is 17.0 Å². The van der Waals surface area contributed by atoms with Gasteiger partial charge in [0.15, 0.2) is 0 Å². The number of amides is 1. The first-order valence-corrected chi connectivity index (χ1v) is 9.31. The molecule has 1 amide bonds. The summed E-state index contributed by atoms with van der Waals surface area (Å²) in [4.78, 5) is 24.2. The van der Waals surface area contributed by atoms with E-state index in [9.17, 15) is 18.5 Å². The molecule has 2 unspecified atom stereocenters. The highest BCUT2D eigenvalue weighted by Crippen LogP contribution is 2.29. The molecule has 0 saturated carbocycles. The largest absolute Gasteiger partial charge is 0.446 e. The molecule has 3 rings (SSSR count). The van der Waals surface area contributed by atoms with Gasteiger partial charge in [0.2, 0.25) is 0 Å². The van der Waals surface area contributed by atoms with Crippen LogP contribution < -0.4 is 0 Å². The monoisotopic (exact) mass is 388 g/mol. The molecule has 0 N–H and O–H groups in total. The topological polar surface area (TPSA) is 59.0 Å². The van der Waals surface area contributed by atoms with E-state index < -0.39 is 11.6 Å². The molecule has 1 fully saturated rings. The average Bonchev–Trinajstić information content (AvgIpc) is 2.68. The van der Waals surface area contributed by atoms with Gasteiger partial charge >= 0.3 is 6.09 Å². The number of benzene rings is 2. The predicted molar refractivity (Wildman–Crippen MR) is 102 cm³/mol. The molecule has 1 aliphatic heterocycles. The first-order chi connectivity index (χ1) is 13.5. The molecule has 7 heteroatoms. The lowest BCUT2D eigenvalue weighted by Crippen LogP contribution is -2.43. The normalized spacial score (nSPS) is 17.9. The van der Waals surface area contributed by atoms with Crippen LogP contribution in [0.25, 0.3) is 11.1 Å². The van der Waals surface area contributed by atoms with Gasteiger partial charge in [-0.1, -0.05) is 29.4 Å². The molecule has 28 heavy (non-hydrogen) atoms. The Bertz CT molecular complexity index is 842. The maximum absolute atomic E-state index is 14.0. The minimum absolute atomic E-state index is 0.179. The first-order valence-electron chi connectivity index (χ1n) is 9.31. The maximum Gasteiger partial charge on any atom is 0.410 e. The molecule has 0 aromatic heterocycles. The number of halogens is 2. The van der Waals surface area contributed by atoms with Gasteiger partial charge in [-0.15, -0.1) is 0 Å². The fraction of sp³-hybridized carbons (Fsp3) is 0.381. The maximum atomic E-state index is 14.0. The second-order valence-electron chi connectivity index (χ2n) is 6.90. The van der Waals surface area contributed by atoms with Crippen molar-refractivity contribution in [1.29, 1.82) is 0 Å². The lowest BCUT2D eigenvalue weighted by atomic mass is 9.99. The molecule has 148 valence electrons. The number of nitroso groups, excluding NO2 is 1. The number of carbonyl (C=O) groups excluding carboxylic acids is 1. The van der Waals surface area contributed by atoms with Crippen molar-refractivity contribution in [2.75, 3.05) is 13.1 Å². The third-order valence-electron chi connectivity index (χ3n) is 5.07. The van der Waals surface area contributed by atoms with Crippen LogP contribution in [0, 0.1) is 16.5 Å². The van der Waals surface area contributed by atoms with Crippen molar-refractivity contribution in [2.24, 2.45) is 5.18 Å². The highest BCUT2D eigenvalue weighted by molar-refractivity contribution is 5.69. The molecular formula is C21H22F2N2O3. The zero-order valence-electron chi connectivity index (χ0n) is 15.6. The Kier molecular flexibility index (Phi) is 6.34. The van der Waals surface area contributed by atoms with Gasteiger partial charge in [0.05, 0.1) is 12.6 Å². The number of cyclic esters (lactones) is 1. The molecule has 1 aliphatic rings. The fourth-order valence-electron chi connectivity index (χ4n) is 3.43. The van der Waals surface area contributed by atoms with Gasteiger partial charge in [0, 0.05) is 24.6 Å².